The van der Waals surface area contributed by atoms with Crippen molar-refractivity contribution in [2.45, 2.75) is 44.8 Å². The van der Waals surface area contributed by atoms with Crippen LogP contribution in [0.4, 0.5) is 0 Å². The molecule has 2 bridgehead atoms. The van der Waals surface area contributed by atoms with E-state index in [1.165, 1.54) is 25.7 Å². The Kier molecular flexibility index (Phi) is 3.27. The smallest absolute Gasteiger partial charge is 0.0613 e. The van der Waals surface area contributed by atoms with Crippen molar-refractivity contribution in [3.8, 4) is 0 Å². The fourth-order valence-electron chi connectivity index (χ4n) is 4.52. The van der Waals surface area contributed by atoms with Crippen molar-refractivity contribution in [2.24, 2.45) is 23.7 Å². The molecule has 0 amide bonds. The highest BCUT2D eigenvalue weighted by Crippen LogP contribution is 2.52. The summed E-state index contributed by atoms with van der Waals surface area (Å²) in [6, 6.07) is 0. The lowest BCUT2D eigenvalue weighted by Crippen LogP contribution is -2.52. The van der Waals surface area contributed by atoms with Crippen LogP contribution in [0.15, 0.2) is 12.2 Å². The van der Waals surface area contributed by atoms with Crippen LogP contribution in [0, 0.1) is 23.7 Å². The van der Waals surface area contributed by atoms with E-state index in [9.17, 15) is 0 Å². The van der Waals surface area contributed by atoms with E-state index in [-0.39, 0.29) is 0 Å². The Hall–Kier alpha value is -0.340. The zero-order valence-electron chi connectivity index (χ0n) is 11.0. The average molecular weight is 236 g/mol. The Balaban J connectivity index is 1.86. The molecule has 17 heavy (non-hydrogen) atoms. The van der Waals surface area contributed by atoms with Crippen LogP contribution in [0.3, 0.4) is 0 Å². The molecule has 0 aromatic heterocycles. The lowest BCUT2D eigenvalue weighted by atomic mass is 9.56. The molecule has 2 heteroatoms. The normalized spacial score (nSPS) is 48.1. The molecule has 4 aliphatic rings. The van der Waals surface area contributed by atoms with Gasteiger partial charge in [0.15, 0.2) is 0 Å². The van der Waals surface area contributed by atoms with Gasteiger partial charge in [0.1, 0.15) is 0 Å². The van der Waals surface area contributed by atoms with E-state index < -0.39 is 0 Å². The summed E-state index contributed by atoms with van der Waals surface area (Å²) >= 11 is 0. The van der Waals surface area contributed by atoms with Crippen LogP contribution in [0.2, 0.25) is 0 Å². The van der Waals surface area contributed by atoms with Gasteiger partial charge in [-0.05, 0) is 56.3 Å². The van der Waals surface area contributed by atoms with Crippen molar-refractivity contribution in [1.29, 1.82) is 0 Å². The van der Waals surface area contributed by atoms with E-state index >= 15 is 0 Å². The van der Waals surface area contributed by atoms with Gasteiger partial charge in [-0.2, -0.15) is 0 Å². The van der Waals surface area contributed by atoms with E-state index in [1.54, 1.807) is 0 Å². The van der Waals surface area contributed by atoms with Gasteiger partial charge < -0.3 is 9.47 Å². The summed E-state index contributed by atoms with van der Waals surface area (Å²) in [4.78, 5) is 0. The van der Waals surface area contributed by atoms with Gasteiger partial charge in [0.05, 0.1) is 12.2 Å². The van der Waals surface area contributed by atoms with Crippen molar-refractivity contribution in [2.75, 3.05) is 13.7 Å². The lowest BCUT2D eigenvalue weighted by molar-refractivity contribution is -0.129. The van der Waals surface area contributed by atoms with Gasteiger partial charge in [0, 0.05) is 13.7 Å². The largest absolute Gasteiger partial charge is 0.381 e. The maximum Gasteiger partial charge on any atom is 0.0613 e. The predicted molar refractivity (Wildman–Crippen MR) is 67.8 cm³/mol. The van der Waals surface area contributed by atoms with Crippen molar-refractivity contribution in [1.82, 2.24) is 0 Å². The van der Waals surface area contributed by atoms with Crippen LogP contribution in [-0.4, -0.2) is 25.9 Å². The van der Waals surface area contributed by atoms with Crippen LogP contribution in [-0.2, 0) is 9.47 Å². The number of hydrogen-bond acceptors (Lipinski definition) is 2. The summed E-state index contributed by atoms with van der Waals surface area (Å²) in [6.45, 7) is 2.97. The van der Waals surface area contributed by atoms with Gasteiger partial charge in [-0.25, -0.2) is 0 Å². The number of methoxy groups -OCH3 is 1. The highest BCUT2D eigenvalue weighted by atomic mass is 16.5. The maximum atomic E-state index is 6.01. The topological polar surface area (TPSA) is 18.5 Å². The first-order valence-electron chi connectivity index (χ1n) is 7.18. The third-order valence-electron chi connectivity index (χ3n) is 5.15. The molecule has 0 radical (unpaired) electrons. The summed E-state index contributed by atoms with van der Waals surface area (Å²) in [5.41, 5.74) is 0. The van der Waals surface area contributed by atoms with E-state index in [0.717, 1.165) is 24.4 Å². The van der Waals surface area contributed by atoms with Crippen LogP contribution in [0.5, 0.6) is 0 Å². The number of allylic oxidation sites excluding steroid dienone is 2. The molecule has 96 valence electrons. The fraction of sp³-hybridized carbons (Fsp3) is 0.867. The molecule has 4 aliphatic carbocycles. The Morgan fingerprint density at radius 3 is 2.06 bits per heavy atom. The molecule has 2 fully saturated rings. The first-order valence-corrected chi connectivity index (χ1v) is 7.18. The molecular weight excluding hydrogens is 212 g/mol. The van der Waals surface area contributed by atoms with Crippen molar-refractivity contribution in [3.05, 3.63) is 12.2 Å². The predicted octanol–water partition coefficient (Wildman–Crippen LogP) is 3.03. The van der Waals surface area contributed by atoms with Gasteiger partial charge >= 0.3 is 0 Å². The second-order valence-electron chi connectivity index (χ2n) is 5.79. The number of hydrogen-bond donors (Lipinski definition) is 0. The molecule has 0 aromatic rings. The Labute approximate surface area is 104 Å². The third kappa shape index (κ3) is 1.86. The Morgan fingerprint density at radius 1 is 0.941 bits per heavy atom. The monoisotopic (exact) mass is 236 g/mol. The van der Waals surface area contributed by atoms with Crippen molar-refractivity contribution < 1.29 is 9.47 Å². The summed E-state index contributed by atoms with van der Waals surface area (Å²) in [6.07, 6.45) is 11.0. The molecular formula is C15H24O2. The summed E-state index contributed by atoms with van der Waals surface area (Å²) < 4.78 is 11.8. The van der Waals surface area contributed by atoms with Gasteiger partial charge in [-0.3, -0.25) is 0 Å². The fourth-order valence-corrected chi connectivity index (χ4v) is 4.52. The molecule has 2 unspecified atom stereocenters. The minimum Gasteiger partial charge on any atom is -0.381 e. The molecule has 0 aromatic carbocycles. The minimum absolute atomic E-state index is 0.467. The second kappa shape index (κ2) is 4.74. The SMILES string of the molecule is CCO[C@H]1CC[C@H](OC)C2C1[C@@H]1C=C[C@H]2CC1. The van der Waals surface area contributed by atoms with Crippen LogP contribution in [0.1, 0.15) is 32.6 Å². The molecule has 4 rings (SSSR count). The van der Waals surface area contributed by atoms with E-state index in [0.29, 0.717) is 18.1 Å². The number of fused-ring (bicyclic) bond motifs is 1. The highest BCUT2D eigenvalue weighted by Gasteiger charge is 2.50. The molecule has 0 saturated heterocycles. The lowest BCUT2D eigenvalue weighted by Gasteiger charge is -2.53. The standard InChI is InChI=1S/C15H24O2/c1-3-17-13-9-8-12(16-2)14-10-4-6-11(7-5-10)15(13)14/h4,6,10-15H,3,5,7-9H2,1-2H3/t10-,11+,12-,13-,14?,15?/m0/s1. The second-order valence-corrected chi connectivity index (χ2v) is 5.79. The average Bonchev–Trinajstić information content (AvgIpc) is 2.40. The van der Waals surface area contributed by atoms with Crippen LogP contribution < -0.4 is 0 Å². The zero-order valence-corrected chi connectivity index (χ0v) is 11.0. The summed E-state index contributed by atoms with van der Waals surface area (Å²) in [5, 5.41) is 0. The third-order valence-corrected chi connectivity index (χ3v) is 5.15. The van der Waals surface area contributed by atoms with Gasteiger partial charge in [0.25, 0.3) is 0 Å². The first-order chi connectivity index (χ1) is 8.35. The van der Waals surface area contributed by atoms with E-state index in [4.69, 9.17) is 9.47 Å². The molecule has 0 spiro atoms. The summed E-state index contributed by atoms with van der Waals surface area (Å²) in [5.74, 6) is 2.93. The van der Waals surface area contributed by atoms with Gasteiger partial charge in [-0.15, -0.1) is 0 Å². The molecule has 0 heterocycles. The van der Waals surface area contributed by atoms with Crippen LogP contribution >= 0.6 is 0 Å². The molecule has 2 nitrogen and oxygen atoms in total. The quantitative estimate of drug-likeness (QED) is 0.701. The minimum atomic E-state index is 0.467. The van der Waals surface area contributed by atoms with Crippen molar-refractivity contribution in [3.63, 3.8) is 0 Å². The Bertz CT molecular complexity index is 299. The molecule has 2 saturated carbocycles. The zero-order chi connectivity index (χ0) is 11.8. The molecule has 0 aliphatic heterocycles. The molecule has 0 N–H and O–H groups in total. The summed E-state index contributed by atoms with van der Waals surface area (Å²) in [7, 11) is 1.88. The molecule has 6 atom stereocenters. The maximum absolute atomic E-state index is 6.01. The number of ether oxygens (including phenoxy) is 2. The van der Waals surface area contributed by atoms with E-state index in [2.05, 4.69) is 19.1 Å². The highest BCUT2D eigenvalue weighted by molar-refractivity contribution is 5.14. The van der Waals surface area contributed by atoms with Crippen LogP contribution in [0.25, 0.3) is 0 Å². The van der Waals surface area contributed by atoms with Gasteiger partial charge in [0.2, 0.25) is 0 Å². The Morgan fingerprint density at radius 2 is 1.53 bits per heavy atom. The van der Waals surface area contributed by atoms with Crippen molar-refractivity contribution >= 4 is 0 Å². The first kappa shape index (κ1) is 11.7. The van der Waals surface area contributed by atoms with Gasteiger partial charge in [-0.1, -0.05) is 12.2 Å². The number of rotatable bonds is 3. The van der Waals surface area contributed by atoms with E-state index in [1.807, 2.05) is 7.11 Å².